The minimum atomic E-state index is -0.255. The number of likely N-dealkylation sites (tertiary alicyclic amines) is 1. The van der Waals surface area contributed by atoms with E-state index in [0.717, 1.165) is 25.1 Å². The van der Waals surface area contributed by atoms with E-state index in [9.17, 15) is 9.90 Å². The smallest absolute Gasteiger partial charge is 0.256 e. The number of carbonyl (C=O) groups is 1. The summed E-state index contributed by atoms with van der Waals surface area (Å²) in [7, 11) is 0. The SMILES string of the molecule is Cc1cc(Cl)c(C(=O)N2CC3CCC(O)C3C2)cn1. The predicted octanol–water partition coefficient (Wildman–Crippen LogP) is 1.89. The van der Waals surface area contributed by atoms with Crippen LogP contribution in [0.1, 0.15) is 28.9 Å². The zero-order valence-electron chi connectivity index (χ0n) is 10.8. The summed E-state index contributed by atoms with van der Waals surface area (Å²) < 4.78 is 0. The van der Waals surface area contributed by atoms with E-state index in [4.69, 9.17) is 11.6 Å². The minimum Gasteiger partial charge on any atom is -0.393 e. The van der Waals surface area contributed by atoms with Gasteiger partial charge in [-0.1, -0.05) is 11.6 Å². The largest absolute Gasteiger partial charge is 0.393 e. The molecule has 1 aromatic rings. The van der Waals surface area contributed by atoms with Gasteiger partial charge in [-0.25, -0.2) is 0 Å². The summed E-state index contributed by atoms with van der Waals surface area (Å²) >= 11 is 6.12. The van der Waals surface area contributed by atoms with Gasteiger partial charge in [0.2, 0.25) is 0 Å². The summed E-state index contributed by atoms with van der Waals surface area (Å²) in [5.74, 6) is 0.608. The second kappa shape index (κ2) is 4.76. The number of hydrogen-bond acceptors (Lipinski definition) is 3. The zero-order chi connectivity index (χ0) is 13.6. The molecule has 2 fully saturated rings. The van der Waals surface area contributed by atoms with Crippen molar-refractivity contribution in [1.82, 2.24) is 9.88 Å². The highest BCUT2D eigenvalue weighted by atomic mass is 35.5. The molecule has 102 valence electrons. The number of carbonyl (C=O) groups excluding carboxylic acids is 1. The summed E-state index contributed by atoms with van der Waals surface area (Å²) in [6.45, 7) is 3.20. The second-order valence-corrected chi connectivity index (χ2v) is 5.99. The second-order valence-electron chi connectivity index (χ2n) is 5.58. The number of aromatic nitrogens is 1. The Morgan fingerprint density at radius 3 is 2.95 bits per heavy atom. The first kappa shape index (κ1) is 12.9. The molecule has 0 aromatic carbocycles. The third-order valence-corrected chi connectivity index (χ3v) is 4.64. The van der Waals surface area contributed by atoms with Crippen molar-refractivity contribution in [3.8, 4) is 0 Å². The number of halogens is 1. The van der Waals surface area contributed by atoms with Crippen molar-refractivity contribution in [3.63, 3.8) is 0 Å². The monoisotopic (exact) mass is 280 g/mol. The molecule has 3 unspecified atom stereocenters. The van der Waals surface area contributed by atoms with Crippen LogP contribution in [-0.4, -0.2) is 40.1 Å². The molecule has 1 aliphatic carbocycles. The Morgan fingerprint density at radius 2 is 2.26 bits per heavy atom. The van der Waals surface area contributed by atoms with E-state index in [2.05, 4.69) is 4.98 Å². The summed E-state index contributed by atoms with van der Waals surface area (Å²) in [5.41, 5.74) is 1.26. The first-order valence-electron chi connectivity index (χ1n) is 6.65. The molecular formula is C14H17ClN2O2. The molecule has 0 radical (unpaired) electrons. The zero-order valence-corrected chi connectivity index (χ0v) is 11.6. The lowest BCUT2D eigenvalue weighted by atomic mass is 10.00. The van der Waals surface area contributed by atoms with Crippen molar-refractivity contribution in [1.29, 1.82) is 0 Å². The molecule has 2 aliphatic rings. The molecular weight excluding hydrogens is 264 g/mol. The standard InChI is InChI=1S/C14H17ClN2O2/c1-8-4-12(15)10(5-16-8)14(19)17-6-9-2-3-13(18)11(9)7-17/h4-5,9,11,13,18H,2-3,6-7H2,1H3. The Hall–Kier alpha value is -1.13. The van der Waals surface area contributed by atoms with Gasteiger partial charge in [0.25, 0.3) is 5.91 Å². The van der Waals surface area contributed by atoms with E-state index in [-0.39, 0.29) is 17.9 Å². The Bertz CT molecular complexity index is 520. The van der Waals surface area contributed by atoms with Gasteiger partial charge >= 0.3 is 0 Å². The number of nitrogens with zero attached hydrogens (tertiary/aromatic N) is 2. The Labute approximate surface area is 117 Å². The highest BCUT2D eigenvalue weighted by molar-refractivity contribution is 6.33. The van der Waals surface area contributed by atoms with E-state index >= 15 is 0 Å². The van der Waals surface area contributed by atoms with Gasteiger partial charge in [0, 0.05) is 30.9 Å². The number of hydrogen-bond donors (Lipinski definition) is 1. The summed E-state index contributed by atoms with van der Waals surface area (Å²) in [6.07, 6.45) is 3.17. The van der Waals surface area contributed by atoms with Crippen molar-refractivity contribution in [2.75, 3.05) is 13.1 Å². The fourth-order valence-electron chi connectivity index (χ4n) is 3.26. The highest BCUT2D eigenvalue weighted by Gasteiger charge is 2.43. The lowest BCUT2D eigenvalue weighted by molar-refractivity contribution is 0.0752. The number of aliphatic hydroxyl groups excluding tert-OH is 1. The van der Waals surface area contributed by atoms with E-state index in [1.165, 1.54) is 0 Å². The van der Waals surface area contributed by atoms with E-state index in [0.29, 0.717) is 23.0 Å². The Kier molecular flexibility index (Phi) is 3.23. The van der Waals surface area contributed by atoms with E-state index in [1.807, 2.05) is 6.92 Å². The van der Waals surface area contributed by atoms with Crippen LogP contribution < -0.4 is 0 Å². The molecule has 3 atom stereocenters. The van der Waals surface area contributed by atoms with Gasteiger partial charge in [0.1, 0.15) is 0 Å². The fraction of sp³-hybridized carbons (Fsp3) is 0.571. The van der Waals surface area contributed by atoms with Gasteiger partial charge in [-0.15, -0.1) is 0 Å². The van der Waals surface area contributed by atoms with Gasteiger partial charge in [0.05, 0.1) is 16.7 Å². The molecule has 4 nitrogen and oxygen atoms in total. The van der Waals surface area contributed by atoms with Gasteiger partial charge in [0.15, 0.2) is 0 Å². The third kappa shape index (κ3) is 2.23. The number of pyridine rings is 1. The van der Waals surface area contributed by atoms with Crippen molar-refractivity contribution in [2.24, 2.45) is 11.8 Å². The number of fused-ring (bicyclic) bond motifs is 1. The van der Waals surface area contributed by atoms with Crippen molar-refractivity contribution >= 4 is 17.5 Å². The number of rotatable bonds is 1. The lowest BCUT2D eigenvalue weighted by Gasteiger charge is -2.19. The maximum Gasteiger partial charge on any atom is 0.256 e. The molecule has 0 spiro atoms. The van der Waals surface area contributed by atoms with Crippen LogP contribution in [0.3, 0.4) is 0 Å². The Morgan fingerprint density at radius 1 is 1.47 bits per heavy atom. The van der Waals surface area contributed by atoms with Crippen LogP contribution in [-0.2, 0) is 0 Å². The highest BCUT2D eigenvalue weighted by Crippen LogP contribution is 2.38. The molecule has 1 saturated heterocycles. The van der Waals surface area contributed by atoms with Crippen LogP contribution >= 0.6 is 11.6 Å². The lowest BCUT2D eigenvalue weighted by Crippen LogP contribution is -2.31. The number of amides is 1. The summed E-state index contributed by atoms with van der Waals surface area (Å²) in [5, 5.41) is 10.3. The normalized spacial score (nSPS) is 29.6. The Balaban J connectivity index is 1.78. The molecule has 5 heteroatoms. The van der Waals surface area contributed by atoms with Gasteiger partial charge in [-0.05, 0) is 31.7 Å². The summed E-state index contributed by atoms with van der Waals surface area (Å²) in [6, 6.07) is 1.71. The topological polar surface area (TPSA) is 53.4 Å². The molecule has 3 rings (SSSR count). The average molecular weight is 281 g/mol. The molecule has 1 amide bonds. The van der Waals surface area contributed by atoms with Crippen molar-refractivity contribution < 1.29 is 9.90 Å². The first-order chi connectivity index (χ1) is 9.06. The van der Waals surface area contributed by atoms with Crippen LogP contribution in [0, 0.1) is 18.8 Å². The van der Waals surface area contributed by atoms with Crippen molar-refractivity contribution in [3.05, 3.63) is 28.5 Å². The molecule has 2 heterocycles. The summed E-state index contributed by atoms with van der Waals surface area (Å²) in [4.78, 5) is 18.4. The van der Waals surface area contributed by atoms with Crippen LogP contribution in [0.5, 0.6) is 0 Å². The van der Waals surface area contributed by atoms with E-state index < -0.39 is 0 Å². The van der Waals surface area contributed by atoms with E-state index in [1.54, 1.807) is 17.2 Å². The molecule has 19 heavy (non-hydrogen) atoms. The first-order valence-corrected chi connectivity index (χ1v) is 7.03. The van der Waals surface area contributed by atoms with Gasteiger partial charge < -0.3 is 10.0 Å². The number of aryl methyl sites for hydroxylation is 1. The molecule has 1 saturated carbocycles. The van der Waals surface area contributed by atoms with Crippen LogP contribution in [0.15, 0.2) is 12.3 Å². The van der Waals surface area contributed by atoms with Crippen LogP contribution in [0.4, 0.5) is 0 Å². The van der Waals surface area contributed by atoms with Gasteiger partial charge in [-0.3, -0.25) is 9.78 Å². The maximum absolute atomic E-state index is 12.4. The predicted molar refractivity (Wildman–Crippen MR) is 72.1 cm³/mol. The maximum atomic E-state index is 12.4. The quantitative estimate of drug-likeness (QED) is 0.855. The molecule has 1 N–H and O–H groups in total. The average Bonchev–Trinajstić information content (AvgIpc) is 2.91. The fourth-order valence-corrected chi connectivity index (χ4v) is 3.54. The third-order valence-electron chi connectivity index (χ3n) is 4.33. The minimum absolute atomic E-state index is 0.0703. The number of aliphatic hydroxyl groups is 1. The van der Waals surface area contributed by atoms with Crippen molar-refractivity contribution in [2.45, 2.75) is 25.9 Å². The molecule has 1 aliphatic heterocycles. The molecule has 1 aromatic heterocycles. The van der Waals surface area contributed by atoms with Crippen LogP contribution in [0.25, 0.3) is 0 Å². The van der Waals surface area contributed by atoms with Gasteiger partial charge in [-0.2, -0.15) is 0 Å². The van der Waals surface area contributed by atoms with Crippen LogP contribution in [0.2, 0.25) is 5.02 Å². The molecule has 0 bridgehead atoms.